The van der Waals surface area contributed by atoms with Gasteiger partial charge in [-0.15, -0.1) is 5.10 Å². The average molecular weight is 314 g/mol. The molecule has 1 saturated heterocycles. The first-order valence-electron chi connectivity index (χ1n) is 7.50. The van der Waals surface area contributed by atoms with Gasteiger partial charge in [-0.3, -0.25) is 0 Å². The van der Waals surface area contributed by atoms with Gasteiger partial charge in [0.15, 0.2) is 0 Å². The van der Waals surface area contributed by atoms with Crippen LogP contribution >= 0.6 is 11.3 Å². The molecule has 1 atom stereocenters. The summed E-state index contributed by atoms with van der Waals surface area (Å²) in [7, 11) is 0. The van der Waals surface area contributed by atoms with Crippen LogP contribution in [0.1, 0.15) is 12.1 Å². The lowest BCUT2D eigenvalue weighted by Crippen LogP contribution is -2.22. The molecule has 0 bridgehead atoms. The second-order valence-electron chi connectivity index (χ2n) is 5.69. The van der Waals surface area contributed by atoms with Crippen molar-refractivity contribution in [2.45, 2.75) is 13.3 Å². The van der Waals surface area contributed by atoms with Gasteiger partial charge in [0, 0.05) is 25.8 Å². The lowest BCUT2D eigenvalue weighted by Gasteiger charge is -2.15. The van der Waals surface area contributed by atoms with Crippen molar-refractivity contribution in [3.8, 4) is 0 Å². The van der Waals surface area contributed by atoms with Gasteiger partial charge in [-0.05, 0) is 31.4 Å². The first-order valence-corrected chi connectivity index (χ1v) is 8.32. The van der Waals surface area contributed by atoms with E-state index in [2.05, 4.69) is 25.3 Å². The summed E-state index contributed by atoms with van der Waals surface area (Å²) in [4.78, 5) is 12.1. The second kappa shape index (κ2) is 5.57. The Kier molecular flexibility index (Phi) is 3.42. The van der Waals surface area contributed by atoms with Gasteiger partial charge < -0.3 is 10.2 Å². The lowest BCUT2D eigenvalue weighted by atomic mass is 10.1. The van der Waals surface area contributed by atoms with E-state index in [1.807, 2.05) is 42.0 Å². The van der Waals surface area contributed by atoms with Crippen LogP contribution in [-0.2, 0) is 0 Å². The van der Waals surface area contributed by atoms with Crippen LogP contribution < -0.4 is 10.2 Å². The van der Waals surface area contributed by atoms with Gasteiger partial charge in [-0.25, -0.2) is 14.5 Å². The number of nitrogens with one attached hydrogen (secondary N) is 1. The van der Waals surface area contributed by atoms with Crippen molar-refractivity contribution in [2.75, 3.05) is 29.9 Å². The molecule has 4 heterocycles. The zero-order chi connectivity index (χ0) is 14.9. The van der Waals surface area contributed by atoms with Gasteiger partial charge in [0.2, 0.25) is 10.1 Å². The van der Waals surface area contributed by atoms with Crippen molar-refractivity contribution in [3.63, 3.8) is 0 Å². The molecule has 22 heavy (non-hydrogen) atoms. The molecule has 1 N–H and O–H groups in total. The third-order valence-corrected chi connectivity index (χ3v) is 4.93. The maximum atomic E-state index is 4.63. The Balaban J connectivity index is 1.38. The monoisotopic (exact) mass is 314 g/mol. The third-order valence-electron chi connectivity index (χ3n) is 3.95. The zero-order valence-electron chi connectivity index (χ0n) is 12.4. The topological polar surface area (TPSA) is 58.4 Å². The molecular weight excluding hydrogens is 296 g/mol. The van der Waals surface area contributed by atoms with Gasteiger partial charge in [-0.1, -0.05) is 17.4 Å². The minimum absolute atomic E-state index is 0.625. The van der Waals surface area contributed by atoms with E-state index >= 15 is 0 Å². The Morgan fingerprint density at radius 2 is 2.36 bits per heavy atom. The van der Waals surface area contributed by atoms with E-state index in [-0.39, 0.29) is 0 Å². The third kappa shape index (κ3) is 2.64. The molecule has 7 heteroatoms. The van der Waals surface area contributed by atoms with Crippen LogP contribution in [0.3, 0.4) is 0 Å². The summed E-state index contributed by atoms with van der Waals surface area (Å²) in [6.07, 6.45) is 4.98. The molecule has 1 aliphatic heterocycles. The molecule has 1 unspecified atom stereocenters. The van der Waals surface area contributed by atoms with Crippen molar-refractivity contribution >= 4 is 27.2 Å². The number of aryl methyl sites for hydroxylation is 1. The maximum Gasteiger partial charge on any atom is 0.214 e. The van der Waals surface area contributed by atoms with E-state index in [0.717, 1.165) is 41.2 Å². The van der Waals surface area contributed by atoms with Crippen LogP contribution in [0, 0.1) is 12.8 Å². The summed E-state index contributed by atoms with van der Waals surface area (Å²) in [5, 5.41) is 9.12. The van der Waals surface area contributed by atoms with E-state index in [4.69, 9.17) is 0 Å². The Morgan fingerprint density at radius 1 is 1.41 bits per heavy atom. The maximum absolute atomic E-state index is 4.63. The van der Waals surface area contributed by atoms with Gasteiger partial charge in [0.1, 0.15) is 5.82 Å². The Hall–Kier alpha value is -2.15. The molecule has 0 aromatic carbocycles. The quantitative estimate of drug-likeness (QED) is 0.801. The van der Waals surface area contributed by atoms with E-state index in [0.29, 0.717) is 5.92 Å². The summed E-state index contributed by atoms with van der Waals surface area (Å²) in [5.41, 5.74) is 1.02. The number of pyridine rings is 1. The standard InChI is InChI=1S/C15H18N6S/c1-11-9-21-14(18-11)22-15(19-21)20-7-5-12(10-20)8-17-13-4-2-3-6-16-13/h2-4,6,9,12H,5,7-8,10H2,1H3,(H,16,17). The summed E-state index contributed by atoms with van der Waals surface area (Å²) >= 11 is 1.67. The highest BCUT2D eigenvalue weighted by atomic mass is 32.1. The fourth-order valence-corrected chi connectivity index (χ4v) is 3.78. The van der Waals surface area contributed by atoms with Gasteiger partial charge in [0.25, 0.3) is 0 Å². The smallest absolute Gasteiger partial charge is 0.214 e. The Bertz CT molecular complexity index is 733. The van der Waals surface area contributed by atoms with E-state index in [1.165, 1.54) is 6.42 Å². The molecule has 6 nitrogen and oxygen atoms in total. The minimum atomic E-state index is 0.625. The number of hydrogen-bond acceptors (Lipinski definition) is 6. The van der Waals surface area contributed by atoms with Crippen LogP contribution in [0.15, 0.2) is 30.6 Å². The van der Waals surface area contributed by atoms with Gasteiger partial charge in [-0.2, -0.15) is 0 Å². The fourth-order valence-electron chi connectivity index (χ4n) is 2.82. The first-order chi connectivity index (χ1) is 10.8. The summed E-state index contributed by atoms with van der Waals surface area (Å²) < 4.78 is 1.88. The number of imidazole rings is 1. The van der Waals surface area contributed by atoms with Crippen LogP contribution in [0.5, 0.6) is 0 Å². The van der Waals surface area contributed by atoms with Crippen LogP contribution in [0.2, 0.25) is 0 Å². The highest BCUT2D eigenvalue weighted by Crippen LogP contribution is 2.28. The molecule has 0 radical (unpaired) electrons. The summed E-state index contributed by atoms with van der Waals surface area (Å²) in [5.74, 6) is 1.57. The molecule has 1 fully saturated rings. The highest BCUT2D eigenvalue weighted by Gasteiger charge is 2.25. The normalized spacial score (nSPS) is 18.2. The van der Waals surface area contributed by atoms with Crippen molar-refractivity contribution in [1.29, 1.82) is 0 Å². The molecular formula is C15H18N6S. The molecule has 3 aromatic heterocycles. The Labute approximate surface area is 132 Å². The summed E-state index contributed by atoms with van der Waals surface area (Å²) in [6, 6.07) is 5.94. The molecule has 0 spiro atoms. The number of fused-ring (bicyclic) bond motifs is 1. The molecule has 3 aromatic rings. The van der Waals surface area contributed by atoms with Gasteiger partial charge in [0.05, 0.1) is 11.9 Å². The Morgan fingerprint density at radius 3 is 3.18 bits per heavy atom. The largest absolute Gasteiger partial charge is 0.370 e. The van der Waals surface area contributed by atoms with E-state index in [9.17, 15) is 0 Å². The fraction of sp³-hybridized carbons (Fsp3) is 0.400. The van der Waals surface area contributed by atoms with E-state index < -0.39 is 0 Å². The SMILES string of the molecule is Cc1cn2nc(N3CCC(CNc4ccccn4)C3)sc2n1. The zero-order valence-corrected chi connectivity index (χ0v) is 13.3. The highest BCUT2D eigenvalue weighted by molar-refractivity contribution is 7.20. The van der Waals surface area contributed by atoms with Crippen molar-refractivity contribution in [3.05, 3.63) is 36.3 Å². The summed E-state index contributed by atoms with van der Waals surface area (Å²) in [6.45, 7) is 5.05. The van der Waals surface area contributed by atoms with Crippen molar-refractivity contribution in [1.82, 2.24) is 19.6 Å². The minimum Gasteiger partial charge on any atom is -0.370 e. The molecule has 4 rings (SSSR count). The van der Waals surface area contributed by atoms with Crippen LogP contribution in [0.25, 0.3) is 4.96 Å². The number of hydrogen-bond donors (Lipinski definition) is 1. The lowest BCUT2D eigenvalue weighted by molar-refractivity contribution is 0.621. The predicted octanol–water partition coefficient (Wildman–Crippen LogP) is 2.43. The molecule has 114 valence electrons. The average Bonchev–Trinajstić information content (AvgIpc) is 3.20. The predicted molar refractivity (Wildman–Crippen MR) is 88.6 cm³/mol. The first kappa shape index (κ1) is 13.5. The van der Waals surface area contributed by atoms with Gasteiger partial charge >= 0.3 is 0 Å². The molecule has 0 aliphatic carbocycles. The van der Waals surface area contributed by atoms with E-state index in [1.54, 1.807) is 11.3 Å². The van der Waals surface area contributed by atoms with Crippen LogP contribution in [-0.4, -0.2) is 39.2 Å². The molecule has 0 amide bonds. The number of rotatable bonds is 4. The number of anilines is 2. The van der Waals surface area contributed by atoms with Crippen LogP contribution in [0.4, 0.5) is 10.9 Å². The molecule has 0 saturated carbocycles. The van der Waals surface area contributed by atoms with Crippen molar-refractivity contribution < 1.29 is 0 Å². The second-order valence-corrected chi connectivity index (χ2v) is 6.63. The number of aromatic nitrogens is 4. The van der Waals surface area contributed by atoms with Crippen molar-refractivity contribution in [2.24, 2.45) is 5.92 Å². The number of nitrogens with zero attached hydrogens (tertiary/aromatic N) is 5. The molecule has 1 aliphatic rings.